The number of ether oxygens (including phenoxy) is 1. The van der Waals surface area contributed by atoms with Gasteiger partial charge in [0.2, 0.25) is 15.9 Å². The predicted octanol–water partition coefficient (Wildman–Crippen LogP) is 0.0332. The van der Waals surface area contributed by atoms with Crippen LogP contribution >= 0.6 is 0 Å². The molecule has 0 radical (unpaired) electrons. The zero-order valence-corrected chi connectivity index (χ0v) is 10.7. The number of aryl methyl sites for hydroxylation is 1. The first-order valence-electron chi connectivity index (χ1n) is 4.92. The summed E-state index contributed by atoms with van der Waals surface area (Å²) < 4.78 is 27.7. The minimum atomic E-state index is -3.75. The van der Waals surface area contributed by atoms with Crippen LogP contribution in [0.25, 0.3) is 0 Å². The lowest BCUT2D eigenvalue weighted by molar-refractivity contribution is 0.241. The lowest BCUT2D eigenvalue weighted by Crippen LogP contribution is -2.31. The minimum Gasteiger partial charge on any atom is -0.480 e. The van der Waals surface area contributed by atoms with E-state index in [1.165, 1.54) is 25.1 Å². The second kappa shape index (κ2) is 5.39. The van der Waals surface area contributed by atoms with E-state index in [1.807, 2.05) is 0 Å². The molecule has 1 aromatic heterocycles. The summed E-state index contributed by atoms with van der Waals surface area (Å²) in [5.41, 5.74) is 1.12. The van der Waals surface area contributed by atoms with Crippen LogP contribution in [0.4, 0.5) is 0 Å². The van der Waals surface area contributed by atoms with Crippen LogP contribution in [0.3, 0.4) is 0 Å². The lowest BCUT2D eigenvalue weighted by atomic mass is 10.2. The average molecular weight is 261 g/mol. The van der Waals surface area contributed by atoms with Crippen LogP contribution < -0.4 is 9.62 Å². The van der Waals surface area contributed by atoms with E-state index in [-0.39, 0.29) is 6.42 Å². The zero-order chi connectivity index (χ0) is 13.1. The van der Waals surface area contributed by atoms with Crippen molar-refractivity contribution in [2.75, 3.05) is 7.11 Å². The van der Waals surface area contributed by atoms with Crippen LogP contribution in [0.5, 0.6) is 5.88 Å². The molecule has 0 aromatic carbocycles. The molecule has 1 aromatic rings. The van der Waals surface area contributed by atoms with E-state index in [0.29, 0.717) is 17.3 Å². The highest BCUT2D eigenvalue weighted by atomic mass is 32.2. The van der Waals surface area contributed by atoms with Gasteiger partial charge >= 0.3 is 0 Å². The lowest BCUT2D eigenvalue weighted by Gasteiger charge is -2.12. The summed E-state index contributed by atoms with van der Waals surface area (Å²) in [5.74, 6) is 0.296. The third-order valence-electron chi connectivity index (χ3n) is 2.26. The number of nitrogens with one attached hydrogen (secondary N) is 1. The summed E-state index contributed by atoms with van der Waals surface area (Å²) >= 11 is 0. The highest BCUT2D eigenvalue weighted by Crippen LogP contribution is 2.16. The second-order valence-corrected chi connectivity index (χ2v) is 5.70. The van der Waals surface area contributed by atoms with E-state index < -0.39 is 15.3 Å². The van der Waals surface area contributed by atoms with E-state index in [1.54, 1.807) is 6.92 Å². The SMILES string of the molecule is COc1nc(C)cnc1CC(C)S(=O)(=O)NO. The van der Waals surface area contributed by atoms with Crippen molar-refractivity contribution >= 4 is 10.0 Å². The molecule has 0 aliphatic rings. The topological polar surface area (TPSA) is 101 Å². The van der Waals surface area contributed by atoms with Crippen LogP contribution in [0.2, 0.25) is 0 Å². The molecule has 0 amide bonds. The van der Waals surface area contributed by atoms with Gasteiger partial charge in [0.05, 0.1) is 18.1 Å². The van der Waals surface area contributed by atoms with Gasteiger partial charge in [0, 0.05) is 12.6 Å². The molecule has 0 aliphatic carbocycles. The molecule has 0 spiro atoms. The molecular weight excluding hydrogens is 246 g/mol. The Morgan fingerprint density at radius 2 is 2.24 bits per heavy atom. The Balaban J connectivity index is 2.96. The molecule has 1 atom stereocenters. The molecule has 17 heavy (non-hydrogen) atoms. The fourth-order valence-corrected chi connectivity index (χ4v) is 1.81. The summed E-state index contributed by atoms with van der Waals surface area (Å²) in [4.78, 5) is 9.46. The van der Waals surface area contributed by atoms with E-state index in [9.17, 15) is 8.42 Å². The highest BCUT2D eigenvalue weighted by Gasteiger charge is 2.22. The smallest absolute Gasteiger partial charge is 0.236 e. The number of sulfonamides is 1. The third-order valence-corrected chi connectivity index (χ3v) is 3.74. The summed E-state index contributed by atoms with van der Waals surface area (Å²) in [7, 11) is -2.31. The molecule has 0 saturated carbocycles. The fraction of sp³-hybridized carbons (Fsp3) is 0.556. The maximum atomic E-state index is 11.3. The number of rotatable bonds is 5. The van der Waals surface area contributed by atoms with Gasteiger partial charge in [-0.3, -0.25) is 4.98 Å². The van der Waals surface area contributed by atoms with Gasteiger partial charge in [0.25, 0.3) is 0 Å². The van der Waals surface area contributed by atoms with Crippen LogP contribution in [0, 0.1) is 6.92 Å². The summed E-state index contributed by atoms with van der Waals surface area (Å²) in [6, 6.07) is 0. The van der Waals surface area contributed by atoms with Gasteiger partial charge in [0.15, 0.2) is 0 Å². The second-order valence-electron chi connectivity index (χ2n) is 3.62. The van der Waals surface area contributed by atoms with Crippen molar-refractivity contribution in [1.82, 2.24) is 14.9 Å². The standard InChI is InChI=1S/C9H15N3O4S/c1-6-5-10-8(9(11-6)16-3)4-7(2)17(14,15)12-13/h5,7,12-13H,4H2,1-3H3. The maximum absolute atomic E-state index is 11.3. The summed E-state index contributed by atoms with van der Waals surface area (Å²) in [6.45, 7) is 3.22. The molecule has 0 aliphatic heterocycles. The van der Waals surface area contributed by atoms with Crippen molar-refractivity contribution in [3.8, 4) is 5.88 Å². The summed E-state index contributed by atoms with van der Waals surface area (Å²) in [5, 5.41) is 7.67. The minimum absolute atomic E-state index is 0.104. The van der Waals surface area contributed by atoms with Gasteiger partial charge in [-0.15, -0.1) is 0 Å². The quantitative estimate of drug-likeness (QED) is 0.725. The zero-order valence-electron chi connectivity index (χ0n) is 9.84. The molecule has 96 valence electrons. The number of hydrogen-bond donors (Lipinski definition) is 2. The molecule has 0 saturated heterocycles. The molecule has 8 heteroatoms. The Labute approximate surface area is 99.9 Å². The fourth-order valence-electron chi connectivity index (χ4n) is 1.26. The van der Waals surface area contributed by atoms with Crippen molar-refractivity contribution in [1.29, 1.82) is 0 Å². The molecular formula is C9H15N3O4S. The first-order chi connectivity index (χ1) is 7.90. The van der Waals surface area contributed by atoms with Gasteiger partial charge in [-0.2, -0.15) is 0 Å². The van der Waals surface area contributed by atoms with Gasteiger partial charge in [-0.1, -0.05) is 4.89 Å². The van der Waals surface area contributed by atoms with Gasteiger partial charge < -0.3 is 9.94 Å². The monoisotopic (exact) mass is 261 g/mol. The molecule has 1 heterocycles. The molecule has 0 bridgehead atoms. The largest absolute Gasteiger partial charge is 0.480 e. The summed E-state index contributed by atoms with van der Waals surface area (Å²) in [6.07, 6.45) is 1.63. The number of nitrogens with zero attached hydrogens (tertiary/aromatic N) is 2. The number of aromatic nitrogens is 2. The van der Waals surface area contributed by atoms with Crippen LogP contribution in [-0.2, 0) is 16.4 Å². The molecule has 0 fully saturated rings. The van der Waals surface area contributed by atoms with E-state index in [4.69, 9.17) is 9.94 Å². The van der Waals surface area contributed by atoms with Crippen molar-refractivity contribution in [3.63, 3.8) is 0 Å². The van der Waals surface area contributed by atoms with Crippen LogP contribution in [-0.4, -0.2) is 36.0 Å². The van der Waals surface area contributed by atoms with Gasteiger partial charge in [-0.05, 0) is 13.8 Å². The van der Waals surface area contributed by atoms with Crippen molar-refractivity contribution in [3.05, 3.63) is 17.6 Å². The van der Waals surface area contributed by atoms with Crippen molar-refractivity contribution in [2.24, 2.45) is 0 Å². The number of methoxy groups -OCH3 is 1. The Bertz CT molecular complexity index is 489. The van der Waals surface area contributed by atoms with E-state index >= 15 is 0 Å². The van der Waals surface area contributed by atoms with E-state index in [0.717, 1.165) is 0 Å². The Morgan fingerprint density at radius 3 is 2.76 bits per heavy atom. The molecule has 1 rings (SSSR count). The van der Waals surface area contributed by atoms with Crippen LogP contribution in [0.15, 0.2) is 6.20 Å². The van der Waals surface area contributed by atoms with Crippen molar-refractivity contribution < 1.29 is 18.4 Å². The van der Waals surface area contributed by atoms with Crippen molar-refractivity contribution in [2.45, 2.75) is 25.5 Å². The Morgan fingerprint density at radius 1 is 1.59 bits per heavy atom. The first kappa shape index (κ1) is 13.8. The highest BCUT2D eigenvalue weighted by molar-refractivity contribution is 7.89. The Kier molecular flexibility index (Phi) is 4.38. The normalized spacial score (nSPS) is 13.4. The predicted molar refractivity (Wildman–Crippen MR) is 60.3 cm³/mol. The molecule has 2 N–H and O–H groups in total. The van der Waals surface area contributed by atoms with E-state index in [2.05, 4.69) is 9.97 Å². The average Bonchev–Trinajstić information content (AvgIpc) is 2.31. The molecule has 7 nitrogen and oxygen atoms in total. The number of hydrogen-bond acceptors (Lipinski definition) is 6. The maximum Gasteiger partial charge on any atom is 0.236 e. The molecule has 1 unspecified atom stereocenters. The van der Waals surface area contributed by atoms with Gasteiger partial charge in [0.1, 0.15) is 5.69 Å². The Hall–Kier alpha value is -1.25. The van der Waals surface area contributed by atoms with Crippen LogP contribution in [0.1, 0.15) is 18.3 Å². The first-order valence-corrected chi connectivity index (χ1v) is 6.46. The third kappa shape index (κ3) is 3.35. The van der Waals surface area contributed by atoms with Gasteiger partial charge in [-0.25, -0.2) is 13.4 Å².